The maximum atomic E-state index is 10.4. The zero-order valence-electron chi connectivity index (χ0n) is 5.14. The fraction of sp³-hybridized carbons (Fsp3) is 0.250. The van der Waals surface area contributed by atoms with E-state index >= 15 is 0 Å². The predicted molar refractivity (Wildman–Crippen MR) is 37.6 cm³/mol. The molecule has 0 amide bonds. The Bertz CT molecular complexity index is 288. The average Bonchev–Trinajstić information content (AvgIpc) is 2.12. The molecular weight excluding hydrogens is 174 g/mol. The molecule has 0 saturated carbocycles. The third-order valence-electron chi connectivity index (χ3n) is 0.651. The summed E-state index contributed by atoms with van der Waals surface area (Å²) in [4.78, 5) is 0. The fourth-order valence-electron chi connectivity index (χ4n) is 0.400. The number of nitrogens with zero attached hydrogens (tertiary/aromatic N) is 1. The van der Waals surface area contributed by atoms with Crippen molar-refractivity contribution in [3.63, 3.8) is 0 Å². The lowest BCUT2D eigenvalue weighted by Gasteiger charge is -1.94. The van der Waals surface area contributed by atoms with Crippen LogP contribution in [0.3, 0.4) is 0 Å². The van der Waals surface area contributed by atoms with Crippen molar-refractivity contribution in [2.75, 3.05) is 6.26 Å². The van der Waals surface area contributed by atoms with Crippen molar-refractivity contribution in [3.8, 4) is 5.88 Å². The highest BCUT2D eigenvalue weighted by molar-refractivity contribution is 7.86. The topological polar surface area (TPSA) is 56.3 Å². The first-order chi connectivity index (χ1) is 4.58. The molecule has 0 atom stereocenters. The molecule has 1 rings (SSSR count). The standard InChI is InChI=1S/C4H5NO3S2/c1-10(6,7)8-4-2-3-9-5-4/h2-3H,1H3. The Hall–Kier alpha value is -0.620. The molecule has 0 aliphatic heterocycles. The van der Waals surface area contributed by atoms with E-state index in [1.807, 2.05) is 0 Å². The van der Waals surface area contributed by atoms with E-state index in [2.05, 4.69) is 8.56 Å². The zero-order valence-corrected chi connectivity index (χ0v) is 6.78. The van der Waals surface area contributed by atoms with Crippen LogP contribution in [0.15, 0.2) is 11.4 Å². The van der Waals surface area contributed by atoms with Gasteiger partial charge in [-0.1, -0.05) is 0 Å². The van der Waals surface area contributed by atoms with E-state index in [1.54, 1.807) is 5.38 Å². The van der Waals surface area contributed by atoms with Crippen LogP contribution in [0.1, 0.15) is 0 Å². The molecule has 6 heteroatoms. The second kappa shape index (κ2) is 2.55. The second-order valence-corrected chi connectivity index (χ2v) is 3.87. The van der Waals surface area contributed by atoms with Crippen LogP contribution in [-0.2, 0) is 10.1 Å². The summed E-state index contributed by atoms with van der Waals surface area (Å²) in [6.45, 7) is 0. The lowest BCUT2D eigenvalue weighted by Crippen LogP contribution is -2.05. The van der Waals surface area contributed by atoms with Crippen molar-refractivity contribution in [1.82, 2.24) is 4.37 Å². The normalized spacial score (nSPS) is 11.3. The molecule has 0 spiro atoms. The first-order valence-corrected chi connectivity index (χ1v) is 5.03. The van der Waals surface area contributed by atoms with Crippen LogP contribution in [0.2, 0.25) is 0 Å². The van der Waals surface area contributed by atoms with E-state index in [-0.39, 0.29) is 5.88 Å². The summed E-state index contributed by atoms with van der Waals surface area (Å²) >= 11 is 1.14. The van der Waals surface area contributed by atoms with E-state index in [0.717, 1.165) is 17.8 Å². The first-order valence-electron chi connectivity index (χ1n) is 2.38. The van der Waals surface area contributed by atoms with Gasteiger partial charge in [0.05, 0.1) is 6.26 Å². The molecule has 1 aromatic heterocycles. The van der Waals surface area contributed by atoms with Crippen LogP contribution in [0.4, 0.5) is 0 Å². The van der Waals surface area contributed by atoms with Crippen molar-refractivity contribution >= 4 is 21.7 Å². The van der Waals surface area contributed by atoms with Gasteiger partial charge < -0.3 is 4.18 Å². The summed E-state index contributed by atoms with van der Waals surface area (Å²) in [5, 5.41) is 1.64. The molecule has 0 fully saturated rings. The van der Waals surface area contributed by atoms with Gasteiger partial charge >= 0.3 is 10.1 Å². The summed E-state index contributed by atoms with van der Waals surface area (Å²) in [5.41, 5.74) is 0. The average molecular weight is 179 g/mol. The van der Waals surface area contributed by atoms with Crippen molar-refractivity contribution < 1.29 is 12.6 Å². The minimum Gasteiger partial charge on any atom is -0.361 e. The van der Waals surface area contributed by atoms with Gasteiger partial charge in [-0.3, -0.25) is 0 Å². The number of hydrogen-bond donors (Lipinski definition) is 0. The second-order valence-electron chi connectivity index (χ2n) is 1.63. The minimum atomic E-state index is -3.40. The largest absolute Gasteiger partial charge is 0.361 e. The molecule has 0 radical (unpaired) electrons. The maximum absolute atomic E-state index is 10.4. The van der Waals surface area contributed by atoms with Crippen LogP contribution < -0.4 is 4.18 Å². The number of aromatic nitrogens is 1. The Morgan fingerprint density at radius 1 is 1.70 bits per heavy atom. The summed E-state index contributed by atoms with van der Waals surface area (Å²) in [7, 11) is -3.40. The quantitative estimate of drug-likeness (QED) is 0.620. The van der Waals surface area contributed by atoms with Gasteiger partial charge in [0.2, 0.25) is 5.88 Å². The summed E-state index contributed by atoms with van der Waals surface area (Å²) in [6, 6.07) is 1.49. The fourth-order valence-corrected chi connectivity index (χ4v) is 1.29. The predicted octanol–water partition coefficient (Wildman–Crippen LogP) is 0.482. The molecule has 0 aromatic carbocycles. The minimum absolute atomic E-state index is 0.132. The van der Waals surface area contributed by atoms with Crippen LogP contribution >= 0.6 is 11.5 Å². The van der Waals surface area contributed by atoms with E-state index in [1.165, 1.54) is 6.07 Å². The van der Waals surface area contributed by atoms with Gasteiger partial charge in [-0.2, -0.15) is 12.8 Å². The molecule has 0 unspecified atom stereocenters. The molecule has 0 saturated heterocycles. The van der Waals surface area contributed by atoms with E-state index in [9.17, 15) is 8.42 Å². The first kappa shape index (κ1) is 7.49. The third-order valence-corrected chi connectivity index (χ3v) is 1.67. The van der Waals surface area contributed by atoms with Gasteiger partial charge in [-0.15, -0.1) is 0 Å². The maximum Gasteiger partial charge on any atom is 0.307 e. The molecule has 4 nitrogen and oxygen atoms in total. The number of hydrogen-bond acceptors (Lipinski definition) is 5. The van der Waals surface area contributed by atoms with Gasteiger partial charge in [-0.25, -0.2) is 0 Å². The summed E-state index contributed by atoms with van der Waals surface area (Å²) in [6.07, 6.45) is 0.979. The van der Waals surface area contributed by atoms with Gasteiger partial charge in [0.15, 0.2) is 0 Å². The van der Waals surface area contributed by atoms with Gasteiger partial charge in [-0.05, 0) is 11.5 Å². The molecule has 1 aromatic rings. The SMILES string of the molecule is CS(=O)(=O)Oc1ccsn1. The lowest BCUT2D eigenvalue weighted by atomic mass is 10.7. The lowest BCUT2D eigenvalue weighted by molar-refractivity contribution is 0.486. The highest BCUT2D eigenvalue weighted by atomic mass is 32.2. The highest BCUT2D eigenvalue weighted by Gasteiger charge is 2.04. The molecular formula is C4H5NO3S2. The molecule has 56 valence electrons. The van der Waals surface area contributed by atoms with Crippen molar-refractivity contribution in [3.05, 3.63) is 11.4 Å². The van der Waals surface area contributed by atoms with Gasteiger partial charge in [0, 0.05) is 11.4 Å². The van der Waals surface area contributed by atoms with E-state index < -0.39 is 10.1 Å². The van der Waals surface area contributed by atoms with Crippen molar-refractivity contribution in [1.29, 1.82) is 0 Å². The molecule has 0 aliphatic rings. The van der Waals surface area contributed by atoms with Crippen molar-refractivity contribution in [2.45, 2.75) is 0 Å². The van der Waals surface area contributed by atoms with Crippen LogP contribution in [0.5, 0.6) is 5.88 Å². The monoisotopic (exact) mass is 179 g/mol. The number of rotatable bonds is 2. The van der Waals surface area contributed by atoms with Crippen LogP contribution in [0, 0.1) is 0 Å². The summed E-state index contributed by atoms with van der Waals surface area (Å²) in [5.74, 6) is 0.132. The van der Waals surface area contributed by atoms with Crippen molar-refractivity contribution in [2.24, 2.45) is 0 Å². The molecule has 0 aliphatic carbocycles. The Morgan fingerprint density at radius 2 is 2.40 bits per heavy atom. The van der Waals surface area contributed by atoms with Crippen LogP contribution in [-0.4, -0.2) is 19.0 Å². The molecule has 10 heavy (non-hydrogen) atoms. The van der Waals surface area contributed by atoms with E-state index in [4.69, 9.17) is 0 Å². The molecule has 0 bridgehead atoms. The Labute approximate surface area is 62.7 Å². The molecule has 0 N–H and O–H groups in total. The Balaban J connectivity index is 2.75. The van der Waals surface area contributed by atoms with E-state index in [0.29, 0.717) is 0 Å². The van der Waals surface area contributed by atoms with Crippen LogP contribution in [0.25, 0.3) is 0 Å². The van der Waals surface area contributed by atoms with Gasteiger partial charge in [0.1, 0.15) is 0 Å². The van der Waals surface area contributed by atoms with Gasteiger partial charge in [0.25, 0.3) is 0 Å². The third kappa shape index (κ3) is 2.32. The molecule has 1 heterocycles. The zero-order chi connectivity index (χ0) is 7.61. The Morgan fingerprint density at radius 3 is 2.80 bits per heavy atom. The highest BCUT2D eigenvalue weighted by Crippen LogP contribution is 2.10. The summed E-state index contributed by atoms with van der Waals surface area (Å²) < 4.78 is 28.9. The smallest absolute Gasteiger partial charge is 0.307 e. The Kier molecular flexibility index (Phi) is 1.91.